The van der Waals surface area contributed by atoms with Crippen LogP contribution in [-0.4, -0.2) is 45.4 Å². The number of rotatable bonds is 19. The standard InChI is InChI=1S/C17H37O5PS/c1-4-7-8-9-10-11-12-17-24-23(18,21-15-13-19-5-2)22-16-14-20-6-3/h4-17H2,1-3H3. The van der Waals surface area contributed by atoms with Gasteiger partial charge in [0.2, 0.25) is 0 Å². The molecule has 0 saturated heterocycles. The molecule has 146 valence electrons. The first kappa shape index (κ1) is 24.4. The van der Waals surface area contributed by atoms with Crippen molar-refractivity contribution in [3.05, 3.63) is 0 Å². The zero-order chi connectivity index (χ0) is 17.9. The molecule has 7 heteroatoms. The van der Waals surface area contributed by atoms with E-state index in [4.69, 9.17) is 18.5 Å². The fraction of sp³-hybridized carbons (Fsp3) is 1.00. The Bertz CT molecular complexity index is 289. The molecule has 0 aliphatic carbocycles. The van der Waals surface area contributed by atoms with Crippen LogP contribution in [0.3, 0.4) is 0 Å². The summed E-state index contributed by atoms with van der Waals surface area (Å²) < 4.78 is 34.1. The van der Waals surface area contributed by atoms with Gasteiger partial charge in [-0.2, -0.15) is 0 Å². The van der Waals surface area contributed by atoms with E-state index in [1.54, 1.807) is 0 Å². The third-order valence-corrected chi connectivity index (χ3v) is 7.27. The van der Waals surface area contributed by atoms with Gasteiger partial charge in [0.05, 0.1) is 26.4 Å². The van der Waals surface area contributed by atoms with Crippen molar-refractivity contribution < 1.29 is 23.1 Å². The van der Waals surface area contributed by atoms with Crippen LogP contribution in [0.25, 0.3) is 0 Å². The van der Waals surface area contributed by atoms with Gasteiger partial charge < -0.3 is 9.47 Å². The van der Waals surface area contributed by atoms with Crippen molar-refractivity contribution in [2.24, 2.45) is 0 Å². The summed E-state index contributed by atoms with van der Waals surface area (Å²) in [6, 6.07) is 0. The van der Waals surface area contributed by atoms with E-state index in [1.807, 2.05) is 13.8 Å². The van der Waals surface area contributed by atoms with Crippen molar-refractivity contribution in [3.8, 4) is 0 Å². The van der Waals surface area contributed by atoms with Crippen LogP contribution in [-0.2, 0) is 23.1 Å². The topological polar surface area (TPSA) is 54.0 Å². The minimum absolute atomic E-state index is 0.295. The maximum atomic E-state index is 12.7. The summed E-state index contributed by atoms with van der Waals surface area (Å²) in [7, 11) is 0. The Hall–Kier alpha value is 0.420. The molecule has 24 heavy (non-hydrogen) atoms. The van der Waals surface area contributed by atoms with E-state index in [9.17, 15) is 4.57 Å². The second-order valence-electron chi connectivity index (χ2n) is 5.46. The van der Waals surface area contributed by atoms with Crippen molar-refractivity contribution in [1.29, 1.82) is 0 Å². The van der Waals surface area contributed by atoms with Crippen LogP contribution in [0.1, 0.15) is 65.7 Å². The van der Waals surface area contributed by atoms with Crippen LogP contribution in [0.15, 0.2) is 0 Å². The van der Waals surface area contributed by atoms with Crippen LogP contribution < -0.4 is 0 Å². The lowest BCUT2D eigenvalue weighted by Gasteiger charge is -2.17. The SMILES string of the molecule is CCCCCCCCCSP(=O)(OCCOCC)OCCOCC. The molecule has 0 heterocycles. The Labute approximate surface area is 152 Å². The van der Waals surface area contributed by atoms with Crippen molar-refractivity contribution in [3.63, 3.8) is 0 Å². The minimum atomic E-state index is -3.11. The number of ether oxygens (including phenoxy) is 2. The summed E-state index contributed by atoms with van der Waals surface area (Å²) in [4.78, 5) is 0. The zero-order valence-electron chi connectivity index (χ0n) is 15.8. The van der Waals surface area contributed by atoms with E-state index in [0.29, 0.717) is 39.6 Å². The van der Waals surface area contributed by atoms with Crippen LogP contribution in [0, 0.1) is 0 Å². The van der Waals surface area contributed by atoms with Gasteiger partial charge in [0.25, 0.3) is 0 Å². The Morgan fingerprint density at radius 2 is 1.21 bits per heavy atom. The van der Waals surface area contributed by atoms with Gasteiger partial charge in [-0.15, -0.1) is 0 Å². The van der Waals surface area contributed by atoms with E-state index < -0.39 is 6.80 Å². The van der Waals surface area contributed by atoms with E-state index in [2.05, 4.69) is 6.92 Å². The largest absolute Gasteiger partial charge is 0.389 e. The molecule has 0 saturated carbocycles. The summed E-state index contributed by atoms with van der Waals surface area (Å²) in [5.74, 6) is 0.800. The Balaban J connectivity index is 3.93. The van der Waals surface area contributed by atoms with Gasteiger partial charge in [0.15, 0.2) is 0 Å². The molecule has 0 aliphatic heterocycles. The van der Waals surface area contributed by atoms with Crippen molar-refractivity contribution >= 4 is 18.2 Å². The van der Waals surface area contributed by atoms with Crippen LogP contribution >= 0.6 is 18.2 Å². The monoisotopic (exact) mass is 384 g/mol. The quantitative estimate of drug-likeness (QED) is 0.211. The van der Waals surface area contributed by atoms with Gasteiger partial charge in [0, 0.05) is 19.0 Å². The van der Waals surface area contributed by atoms with Crippen LogP contribution in [0.5, 0.6) is 0 Å². The van der Waals surface area contributed by atoms with Gasteiger partial charge in [-0.05, 0) is 31.7 Å². The number of hydrogen-bond acceptors (Lipinski definition) is 6. The van der Waals surface area contributed by atoms with Crippen molar-refractivity contribution in [2.45, 2.75) is 65.7 Å². The van der Waals surface area contributed by atoms with E-state index in [-0.39, 0.29) is 0 Å². The van der Waals surface area contributed by atoms with Gasteiger partial charge in [0.1, 0.15) is 0 Å². The van der Waals surface area contributed by atoms with Gasteiger partial charge >= 0.3 is 6.80 Å². The molecule has 0 aromatic rings. The van der Waals surface area contributed by atoms with Crippen LogP contribution in [0.2, 0.25) is 0 Å². The Kier molecular flexibility index (Phi) is 18.5. The lowest BCUT2D eigenvalue weighted by atomic mass is 10.1. The molecule has 0 atom stereocenters. The maximum absolute atomic E-state index is 12.7. The molecule has 0 rings (SSSR count). The summed E-state index contributed by atoms with van der Waals surface area (Å²) in [6.45, 7) is 5.69. The second-order valence-corrected chi connectivity index (χ2v) is 9.66. The molecule has 0 fully saturated rings. The number of unbranched alkanes of at least 4 members (excludes halogenated alkanes) is 6. The highest BCUT2D eigenvalue weighted by Crippen LogP contribution is 2.60. The van der Waals surface area contributed by atoms with Gasteiger partial charge in [-0.25, -0.2) is 4.57 Å². The predicted molar refractivity (Wildman–Crippen MR) is 103 cm³/mol. The maximum Gasteiger partial charge on any atom is 0.389 e. The highest BCUT2D eigenvalue weighted by atomic mass is 32.7. The first-order chi connectivity index (χ1) is 11.7. The first-order valence-electron chi connectivity index (χ1n) is 9.37. The Morgan fingerprint density at radius 1 is 0.708 bits per heavy atom. The second kappa shape index (κ2) is 18.2. The summed E-state index contributed by atoms with van der Waals surface area (Å²) in [6.07, 6.45) is 8.69. The fourth-order valence-corrected chi connectivity index (χ4v) is 5.38. The lowest BCUT2D eigenvalue weighted by Crippen LogP contribution is -2.06. The zero-order valence-corrected chi connectivity index (χ0v) is 17.5. The van der Waals surface area contributed by atoms with E-state index in [0.717, 1.165) is 12.2 Å². The summed E-state index contributed by atoms with van der Waals surface area (Å²) in [5.41, 5.74) is 0. The molecule has 0 spiro atoms. The molecule has 5 nitrogen and oxygen atoms in total. The predicted octanol–water partition coefficient (Wildman–Crippen LogP) is 5.68. The molecular weight excluding hydrogens is 347 g/mol. The molecule has 0 amide bonds. The smallest absolute Gasteiger partial charge is 0.379 e. The molecule has 0 unspecified atom stereocenters. The molecule has 0 aromatic carbocycles. The molecule has 0 aromatic heterocycles. The summed E-state index contributed by atoms with van der Waals surface area (Å²) >= 11 is 1.31. The van der Waals surface area contributed by atoms with E-state index in [1.165, 1.54) is 49.9 Å². The molecule has 0 radical (unpaired) electrons. The Morgan fingerprint density at radius 3 is 1.71 bits per heavy atom. The normalized spacial score (nSPS) is 12.0. The highest BCUT2D eigenvalue weighted by molar-refractivity contribution is 8.55. The minimum Gasteiger partial charge on any atom is -0.379 e. The van der Waals surface area contributed by atoms with Gasteiger partial charge in [-0.3, -0.25) is 9.05 Å². The third-order valence-electron chi connectivity index (χ3n) is 3.36. The van der Waals surface area contributed by atoms with Crippen molar-refractivity contribution in [2.75, 3.05) is 45.4 Å². The molecule has 0 aliphatic rings. The van der Waals surface area contributed by atoms with Crippen LogP contribution in [0.4, 0.5) is 0 Å². The fourth-order valence-electron chi connectivity index (χ4n) is 2.05. The average Bonchev–Trinajstić information content (AvgIpc) is 2.58. The van der Waals surface area contributed by atoms with Gasteiger partial charge in [-0.1, -0.05) is 45.4 Å². The molecule has 0 N–H and O–H groups in total. The molecule has 0 bridgehead atoms. The first-order valence-corrected chi connectivity index (χ1v) is 12.5. The average molecular weight is 385 g/mol. The van der Waals surface area contributed by atoms with Crippen molar-refractivity contribution in [1.82, 2.24) is 0 Å². The number of hydrogen-bond donors (Lipinski definition) is 0. The lowest BCUT2D eigenvalue weighted by molar-refractivity contribution is 0.0858. The third kappa shape index (κ3) is 15.9. The highest BCUT2D eigenvalue weighted by Gasteiger charge is 2.25. The summed E-state index contributed by atoms with van der Waals surface area (Å²) in [5, 5.41) is 0. The molecular formula is C17H37O5PS. The van der Waals surface area contributed by atoms with E-state index >= 15 is 0 Å².